The average Bonchev–Trinajstić information content (AvgIpc) is 3.37. The van der Waals surface area contributed by atoms with Crippen LogP contribution in [-0.4, -0.2) is 38.8 Å². The number of aromatic nitrogens is 3. The fourth-order valence-electron chi connectivity index (χ4n) is 3.79. The maximum absolute atomic E-state index is 13.1. The second-order valence-corrected chi connectivity index (χ2v) is 8.22. The summed E-state index contributed by atoms with van der Waals surface area (Å²) in [7, 11) is 0. The Morgan fingerprint density at radius 1 is 1.19 bits per heavy atom. The van der Waals surface area contributed by atoms with Gasteiger partial charge in [0.25, 0.3) is 11.1 Å². The third-order valence-electron chi connectivity index (χ3n) is 5.17. The number of carbonyl (C=O) groups is 2. The lowest BCUT2D eigenvalue weighted by molar-refractivity contribution is -0.117. The minimum absolute atomic E-state index is 0.108. The Morgan fingerprint density at radius 2 is 2.00 bits per heavy atom. The van der Waals surface area contributed by atoms with Gasteiger partial charge in [-0.25, -0.2) is 0 Å². The summed E-state index contributed by atoms with van der Waals surface area (Å²) in [4.78, 5) is 30.1. The van der Waals surface area contributed by atoms with Crippen LogP contribution in [0.3, 0.4) is 0 Å². The standard InChI is InChI=1S/C22H19N5O3S/c1-13-10-19(28)24-17-8-4-5-9-18(17)27(13)20(29)12-31-22-26-25-21(30-22)15-11-23-16-7-3-2-6-14(15)16/h2-9,11,13,23H,10,12H2,1H3,(H,24,28)/t13-/m0/s1. The molecule has 0 saturated carbocycles. The van der Waals surface area contributed by atoms with E-state index in [0.29, 0.717) is 22.5 Å². The maximum Gasteiger partial charge on any atom is 0.277 e. The van der Waals surface area contributed by atoms with Crippen LogP contribution in [0.25, 0.3) is 22.4 Å². The van der Waals surface area contributed by atoms with Gasteiger partial charge in [0.05, 0.1) is 22.7 Å². The molecule has 0 fully saturated rings. The number of fused-ring (bicyclic) bond motifs is 2. The quantitative estimate of drug-likeness (QED) is 0.470. The molecule has 0 aliphatic carbocycles. The zero-order valence-corrected chi connectivity index (χ0v) is 17.5. The first-order chi connectivity index (χ1) is 15.1. The zero-order chi connectivity index (χ0) is 21.4. The molecular formula is C22H19N5O3S. The summed E-state index contributed by atoms with van der Waals surface area (Å²) in [6.07, 6.45) is 2.06. The minimum Gasteiger partial charge on any atom is -0.411 e. The zero-order valence-electron chi connectivity index (χ0n) is 16.7. The Labute approximate surface area is 182 Å². The van der Waals surface area contributed by atoms with Gasteiger partial charge in [0.15, 0.2) is 0 Å². The summed E-state index contributed by atoms with van der Waals surface area (Å²) in [5, 5.41) is 12.4. The van der Waals surface area contributed by atoms with Crippen LogP contribution in [0.2, 0.25) is 0 Å². The van der Waals surface area contributed by atoms with Crippen LogP contribution in [-0.2, 0) is 9.59 Å². The van der Waals surface area contributed by atoms with Crippen molar-refractivity contribution < 1.29 is 14.0 Å². The van der Waals surface area contributed by atoms with Crippen molar-refractivity contribution >= 4 is 45.9 Å². The molecule has 2 amide bonds. The second kappa shape index (κ2) is 7.92. The van der Waals surface area contributed by atoms with Crippen molar-refractivity contribution in [2.75, 3.05) is 16.0 Å². The van der Waals surface area contributed by atoms with Crippen LogP contribution in [0.1, 0.15) is 13.3 Å². The van der Waals surface area contributed by atoms with Gasteiger partial charge >= 0.3 is 0 Å². The van der Waals surface area contributed by atoms with Crippen molar-refractivity contribution in [2.24, 2.45) is 0 Å². The van der Waals surface area contributed by atoms with Crippen LogP contribution in [0.5, 0.6) is 0 Å². The van der Waals surface area contributed by atoms with Gasteiger partial charge in [0.1, 0.15) is 0 Å². The van der Waals surface area contributed by atoms with Crippen molar-refractivity contribution in [2.45, 2.75) is 24.6 Å². The van der Waals surface area contributed by atoms with E-state index in [9.17, 15) is 9.59 Å². The van der Waals surface area contributed by atoms with E-state index in [0.717, 1.165) is 16.5 Å². The summed E-state index contributed by atoms with van der Waals surface area (Å²) >= 11 is 1.18. The van der Waals surface area contributed by atoms with Gasteiger partial charge in [0.2, 0.25) is 11.8 Å². The number of para-hydroxylation sites is 3. The van der Waals surface area contributed by atoms with Crippen molar-refractivity contribution in [3.63, 3.8) is 0 Å². The molecule has 0 bridgehead atoms. The molecule has 0 saturated heterocycles. The number of hydrogen-bond acceptors (Lipinski definition) is 6. The smallest absolute Gasteiger partial charge is 0.277 e. The van der Waals surface area contributed by atoms with Crippen LogP contribution in [0.4, 0.5) is 11.4 Å². The Morgan fingerprint density at radius 3 is 2.90 bits per heavy atom. The number of rotatable bonds is 4. The summed E-state index contributed by atoms with van der Waals surface area (Å²) < 4.78 is 5.80. The van der Waals surface area contributed by atoms with Crippen molar-refractivity contribution in [1.82, 2.24) is 15.2 Å². The molecule has 1 aliphatic heterocycles. The summed E-state index contributed by atoms with van der Waals surface area (Å²) in [6, 6.07) is 14.9. The number of H-pyrrole nitrogens is 1. The molecule has 8 nitrogen and oxygen atoms in total. The van der Waals surface area contributed by atoms with Crippen LogP contribution in [0, 0.1) is 0 Å². The van der Waals surface area contributed by atoms with Crippen molar-refractivity contribution in [1.29, 1.82) is 0 Å². The van der Waals surface area contributed by atoms with Gasteiger partial charge in [-0.1, -0.05) is 42.1 Å². The van der Waals surface area contributed by atoms with Gasteiger partial charge in [-0.2, -0.15) is 0 Å². The van der Waals surface area contributed by atoms with Crippen molar-refractivity contribution in [3.8, 4) is 11.5 Å². The van der Waals surface area contributed by atoms with Crippen LogP contribution >= 0.6 is 11.8 Å². The Hall–Kier alpha value is -3.59. The Bertz CT molecular complexity index is 1280. The third-order valence-corrected chi connectivity index (χ3v) is 5.98. The molecule has 4 aromatic rings. The first kappa shape index (κ1) is 19.4. The van der Waals surface area contributed by atoms with Gasteiger partial charge < -0.3 is 19.6 Å². The molecule has 2 aromatic carbocycles. The van der Waals surface area contributed by atoms with Gasteiger partial charge in [-0.15, -0.1) is 10.2 Å². The van der Waals surface area contributed by atoms with Gasteiger partial charge in [0, 0.05) is 29.6 Å². The lowest BCUT2D eigenvalue weighted by atomic mass is 10.2. The summed E-state index contributed by atoms with van der Waals surface area (Å²) in [6.45, 7) is 1.87. The van der Waals surface area contributed by atoms with E-state index in [-0.39, 0.29) is 30.0 Å². The summed E-state index contributed by atoms with van der Waals surface area (Å²) in [5.41, 5.74) is 3.13. The van der Waals surface area contributed by atoms with Gasteiger partial charge in [-0.3, -0.25) is 9.59 Å². The van der Waals surface area contributed by atoms with E-state index in [1.807, 2.05) is 55.6 Å². The van der Waals surface area contributed by atoms with Gasteiger partial charge in [-0.05, 0) is 25.1 Å². The van der Waals surface area contributed by atoms with E-state index in [1.165, 1.54) is 11.8 Å². The Kier molecular flexibility index (Phi) is 4.95. The number of nitrogens with one attached hydrogen (secondary N) is 2. The van der Waals surface area contributed by atoms with E-state index >= 15 is 0 Å². The molecule has 1 aliphatic rings. The highest BCUT2D eigenvalue weighted by Crippen LogP contribution is 2.33. The number of hydrogen-bond donors (Lipinski definition) is 2. The SMILES string of the molecule is C[C@H]1CC(=O)Nc2ccccc2N1C(=O)CSc1nnc(-c2c[nH]c3ccccc23)o1. The molecule has 9 heteroatoms. The molecule has 2 N–H and O–H groups in total. The number of anilines is 2. The maximum atomic E-state index is 13.1. The predicted octanol–water partition coefficient (Wildman–Crippen LogP) is 4.07. The first-order valence-electron chi connectivity index (χ1n) is 9.84. The second-order valence-electron chi connectivity index (χ2n) is 7.29. The molecule has 0 unspecified atom stereocenters. The van der Waals surface area contributed by atoms with E-state index in [4.69, 9.17) is 4.42 Å². The third kappa shape index (κ3) is 3.68. The summed E-state index contributed by atoms with van der Waals surface area (Å²) in [5.74, 6) is 0.273. The first-order valence-corrected chi connectivity index (χ1v) is 10.8. The van der Waals surface area contributed by atoms with Crippen LogP contribution < -0.4 is 10.2 Å². The topological polar surface area (TPSA) is 104 Å². The molecule has 156 valence electrons. The monoisotopic (exact) mass is 433 g/mol. The average molecular weight is 433 g/mol. The number of amides is 2. The fraction of sp³-hybridized carbons (Fsp3) is 0.182. The normalized spacial score (nSPS) is 16.1. The minimum atomic E-state index is -0.263. The fourth-order valence-corrected chi connectivity index (χ4v) is 4.41. The molecule has 3 heterocycles. The highest BCUT2D eigenvalue weighted by atomic mass is 32.2. The van der Waals surface area contributed by atoms with E-state index in [2.05, 4.69) is 20.5 Å². The molecule has 0 radical (unpaired) electrons. The largest absolute Gasteiger partial charge is 0.411 e. The lowest BCUT2D eigenvalue weighted by Gasteiger charge is -2.27. The number of thioether (sulfide) groups is 1. The lowest BCUT2D eigenvalue weighted by Crippen LogP contribution is -2.40. The van der Waals surface area contributed by atoms with E-state index < -0.39 is 0 Å². The number of benzene rings is 2. The Balaban J connectivity index is 1.34. The number of carbonyl (C=O) groups excluding carboxylic acids is 2. The number of nitrogens with zero attached hydrogens (tertiary/aromatic N) is 3. The van der Waals surface area contributed by atoms with E-state index in [1.54, 1.807) is 11.0 Å². The highest BCUT2D eigenvalue weighted by Gasteiger charge is 2.29. The molecule has 0 spiro atoms. The molecular weight excluding hydrogens is 414 g/mol. The molecule has 5 rings (SSSR count). The van der Waals surface area contributed by atoms with Crippen LogP contribution in [0.15, 0.2) is 64.4 Å². The number of aromatic amines is 1. The molecule has 1 atom stereocenters. The molecule has 2 aromatic heterocycles. The predicted molar refractivity (Wildman–Crippen MR) is 119 cm³/mol. The van der Waals surface area contributed by atoms with Crippen molar-refractivity contribution in [3.05, 3.63) is 54.7 Å². The highest BCUT2D eigenvalue weighted by molar-refractivity contribution is 7.99. The molecule has 31 heavy (non-hydrogen) atoms.